The molecule has 0 aromatic heterocycles. The molecule has 0 aromatic carbocycles. The van der Waals surface area contributed by atoms with Crippen molar-refractivity contribution in [3.8, 4) is 12.3 Å². The highest BCUT2D eigenvalue weighted by Gasteiger charge is 1.82. The van der Waals surface area contributed by atoms with E-state index >= 15 is 0 Å². The summed E-state index contributed by atoms with van der Waals surface area (Å²) < 4.78 is 0. The molecule has 0 N–H and O–H groups in total. The topological polar surface area (TPSA) is 0 Å². The van der Waals surface area contributed by atoms with Crippen molar-refractivity contribution >= 4 is 12.6 Å². The lowest BCUT2D eigenvalue weighted by Gasteiger charge is -1.90. The van der Waals surface area contributed by atoms with E-state index in [2.05, 4.69) is 18.5 Å². The third-order valence-electron chi connectivity index (χ3n) is 0.979. The highest BCUT2D eigenvalue weighted by atomic mass is 32.1. The minimum atomic E-state index is 0.924. The summed E-state index contributed by atoms with van der Waals surface area (Å²) in [5.74, 6) is 3.59. The molecule has 0 atom stereocenters. The predicted molar refractivity (Wildman–Crippen MR) is 41.2 cm³/mol. The SMILES string of the molecule is C#CCCCCCS. The number of rotatable bonds is 4. The first kappa shape index (κ1) is 7.91. The van der Waals surface area contributed by atoms with Crippen LogP contribution in [0.1, 0.15) is 25.7 Å². The Kier molecular flexibility index (Phi) is 6.83. The quantitative estimate of drug-likeness (QED) is 0.334. The maximum Gasteiger partial charge on any atom is 0.00860 e. The van der Waals surface area contributed by atoms with E-state index < -0.39 is 0 Å². The van der Waals surface area contributed by atoms with Crippen LogP contribution in [0.2, 0.25) is 0 Å². The number of terminal acetylenes is 1. The Labute approximate surface area is 57.1 Å². The molecule has 1 heteroatoms. The van der Waals surface area contributed by atoms with Crippen molar-refractivity contribution in [3.63, 3.8) is 0 Å². The molecule has 0 aliphatic carbocycles. The standard InChI is InChI=1S/C7H12S/c1-2-3-4-5-6-7-8/h1,8H,3-7H2. The third kappa shape index (κ3) is 5.91. The number of hydrogen-bond donors (Lipinski definition) is 1. The predicted octanol–water partition coefficient (Wildman–Crippen LogP) is 2.11. The van der Waals surface area contributed by atoms with Crippen molar-refractivity contribution in [3.05, 3.63) is 0 Å². The van der Waals surface area contributed by atoms with Crippen molar-refractivity contribution < 1.29 is 0 Å². The van der Waals surface area contributed by atoms with Crippen LogP contribution in [0, 0.1) is 12.3 Å². The van der Waals surface area contributed by atoms with Crippen LogP contribution in [0.5, 0.6) is 0 Å². The maximum absolute atomic E-state index is 5.04. The Morgan fingerprint density at radius 1 is 1.25 bits per heavy atom. The Morgan fingerprint density at radius 2 is 2.00 bits per heavy atom. The first-order valence-electron chi connectivity index (χ1n) is 2.96. The van der Waals surface area contributed by atoms with E-state index in [1.54, 1.807) is 0 Å². The highest BCUT2D eigenvalue weighted by Crippen LogP contribution is 1.98. The van der Waals surface area contributed by atoms with Crippen LogP contribution in [0.25, 0.3) is 0 Å². The van der Waals surface area contributed by atoms with Crippen LogP contribution < -0.4 is 0 Å². The van der Waals surface area contributed by atoms with Crippen LogP contribution in [-0.2, 0) is 0 Å². The summed E-state index contributed by atoms with van der Waals surface area (Å²) in [6.07, 6.45) is 9.56. The summed E-state index contributed by atoms with van der Waals surface area (Å²) in [6.45, 7) is 0. The summed E-state index contributed by atoms with van der Waals surface area (Å²) in [5.41, 5.74) is 0. The molecular weight excluding hydrogens is 116 g/mol. The molecule has 0 aromatic rings. The molecule has 0 bridgehead atoms. The molecule has 0 aliphatic rings. The second-order valence-electron chi connectivity index (χ2n) is 1.74. The molecule has 0 amide bonds. The number of unbranched alkanes of at least 4 members (excludes halogenated alkanes) is 3. The summed E-state index contributed by atoms with van der Waals surface area (Å²) in [7, 11) is 0. The van der Waals surface area contributed by atoms with Crippen molar-refractivity contribution in [2.45, 2.75) is 25.7 Å². The number of thiol groups is 1. The smallest absolute Gasteiger partial charge is 0.00860 e. The molecule has 0 saturated carbocycles. The van der Waals surface area contributed by atoms with E-state index in [0.717, 1.165) is 18.6 Å². The average molecular weight is 128 g/mol. The van der Waals surface area contributed by atoms with E-state index in [-0.39, 0.29) is 0 Å². The third-order valence-corrected chi connectivity index (χ3v) is 1.30. The fourth-order valence-electron chi connectivity index (χ4n) is 0.516. The molecule has 0 unspecified atom stereocenters. The fraction of sp³-hybridized carbons (Fsp3) is 0.714. The van der Waals surface area contributed by atoms with Crippen molar-refractivity contribution in [2.75, 3.05) is 5.75 Å². The van der Waals surface area contributed by atoms with Gasteiger partial charge < -0.3 is 0 Å². The van der Waals surface area contributed by atoms with Gasteiger partial charge in [0.15, 0.2) is 0 Å². The van der Waals surface area contributed by atoms with Gasteiger partial charge in [-0.05, 0) is 18.6 Å². The Hall–Kier alpha value is -0.0900. The second-order valence-corrected chi connectivity index (χ2v) is 2.19. The van der Waals surface area contributed by atoms with Gasteiger partial charge in [-0.3, -0.25) is 0 Å². The van der Waals surface area contributed by atoms with Crippen LogP contribution in [-0.4, -0.2) is 5.75 Å². The van der Waals surface area contributed by atoms with Gasteiger partial charge in [-0.25, -0.2) is 0 Å². The first-order valence-corrected chi connectivity index (χ1v) is 3.59. The van der Waals surface area contributed by atoms with E-state index in [4.69, 9.17) is 6.42 Å². The highest BCUT2D eigenvalue weighted by molar-refractivity contribution is 7.80. The van der Waals surface area contributed by atoms with Crippen LogP contribution in [0.3, 0.4) is 0 Å². The summed E-state index contributed by atoms with van der Waals surface area (Å²) >= 11 is 4.07. The molecule has 0 rings (SSSR count). The molecule has 46 valence electrons. The van der Waals surface area contributed by atoms with E-state index in [9.17, 15) is 0 Å². The van der Waals surface area contributed by atoms with E-state index in [0.29, 0.717) is 0 Å². The van der Waals surface area contributed by atoms with Crippen molar-refractivity contribution in [1.29, 1.82) is 0 Å². The minimum Gasteiger partial charge on any atom is -0.179 e. The maximum atomic E-state index is 5.04. The molecule has 8 heavy (non-hydrogen) atoms. The Bertz CT molecular complexity index is 70.9. The normalized spacial score (nSPS) is 8.50. The minimum absolute atomic E-state index is 0.924. The van der Waals surface area contributed by atoms with Crippen molar-refractivity contribution in [1.82, 2.24) is 0 Å². The molecule has 0 heterocycles. The van der Waals surface area contributed by atoms with Gasteiger partial charge in [0, 0.05) is 6.42 Å². The average Bonchev–Trinajstić information content (AvgIpc) is 1.81. The molecule has 0 nitrogen and oxygen atoms in total. The van der Waals surface area contributed by atoms with Gasteiger partial charge in [-0.1, -0.05) is 6.42 Å². The van der Waals surface area contributed by atoms with E-state index in [1.807, 2.05) is 0 Å². The zero-order valence-electron chi connectivity index (χ0n) is 5.06. The lowest BCUT2D eigenvalue weighted by atomic mass is 10.2. The summed E-state index contributed by atoms with van der Waals surface area (Å²) in [6, 6.07) is 0. The fourth-order valence-corrected chi connectivity index (χ4v) is 0.739. The zero-order valence-corrected chi connectivity index (χ0v) is 5.95. The lowest BCUT2D eigenvalue weighted by Crippen LogP contribution is -1.75. The Balaban J connectivity index is 2.65. The molecular formula is C7H12S. The van der Waals surface area contributed by atoms with Gasteiger partial charge in [0.1, 0.15) is 0 Å². The first-order chi connectivity index (χ1) is 3.91. The largest absolute Gasteiger partial charge is 0.179 e. The zero-order chi connectivity index (χ0) is 6.24. The molecule has 0 saturated heterocycles. The van der Waals surface area contributed by atoms with Crippen LogP contribution in [0.15, 0.2) is 0 Å². The molecule has 0 fully saturated rings. The lowest BCUT2D eigenvalue weighted by molar-refractivity contribution is 0.744. The van der Waals surface area contributed by atoms with Crippen LogP contribution >= 0.6 is 12.6 Å². The van der Waals surface area contributed by atoms with Crippen molar-refractivity contribution in [2.24, 2.45) is 0 Å². The Morgan fingerprint density at radius 3 is 2.50 bits per heavy atom. The van der Waals surface area contributed by atoms with Gasteiger partial charge >= 0.3 is 0 Å². The molecule has 0 aliphatic heterocycles. The monoisotopic (exact) mass is 128 g/mol. The number of hydrogen-bond acceptors (Lipinski definition) is 1. The molecule has 0 spiro atoms. The van der Waals surface area contributed by atoms with Gasteiger partial charge in [0.25, 0.3) is 0 Å². The summed E-state index contributed by atoms with van der Waals surface area (Å²) in [5, 5.41) is 0. The van der Waals surface area contributed by atoms with Gasteiger partial charge in [0.05, 0.1) is 0 Å². The summed E-state index contributed by atoms with van der Waals surface area (Å²) in [4.78, 5) is 0. The molecule has 0 radical (unpaired) electrons. The van der Waals surface area contributed by atoms with E-state index in [1.165, 1.54) is 12.8 Å². The van der Waals surface area contributed by atoms with Gasteiger partial charge in [0.2, 0.25) is 0 Å². The van der Waals surface area contributed by atoms with Gasteiger partial charge in [-0.15, -0.1) is 12.3 Å². The second kappa shape index (κ2) is 6.91. The van der Waals surface area contributed by atoms with Gasteiger partial charge in [-0.2, -0.15) is 12.6 Å². The van der Waals surface area contributed by atoms with Crippen LogP contribution in [0.4, 0.5) is 0 Å².